The van der Waals surface area contributed by atoms with Gasteiger partial charge in [0.25, 0.3) is 0 Å². The summed E-state index contributed by atoms with van der Waals surface area (Å²) in [5, 5.41) is 0. The smallest absolute Gasteiger partial charge is 0.416 e. The molecular weight excluding hydrogens is 474 g/mol. The van der Waals surface area contributed by atoms with Gasteiger partial charge in [-0.25, -0.2) is 0 Å². The highest BCUT2D eigenvalue weighted by atomic mass is 19.4. The number of rotatable bonds is 8. The Kier molecular flexibility index (Phi) is 8.82. The Morgan fingerprint density at radius 1 is 0.886 bits per heavy atom. The summed E-state index contributed by atoms with van der Waals surface area (Å²) < 4.78 is 85.4. The second-order valence-electron chi connectivity index (χ2n) is 8.54. The molecule has 0 bridgehead atoms. The fourth-order valence-electron chi connectivity index (χ4n) is 4.12. The predicted octanol–water partition coefficient (Wildman–Crippen LogP) is 5.77. The minimum atomic E-state index is -4.58. The number of benzene rings is 2. The molecule has 0 aromatic heterocycles. The molecule has 2 aromatic carbocycles. The van der Waals surface area contributed by atoms with Crippen molar-refractivity contribution in [3.05, 3.63) is 70.8 Å². The number of alkyl halides is 6. The van der Waals surface area contributed by atoms with Crippen LogP contribution in [0.4, 0.5) is 26.3 Å². The molecule has 3 rings (SSSR count). The first-order chi connectivity index (χ1) is 16.5. The summed E-state index contributed by atoms with van der Waals surface area (Å²) in [6, 6.07) is 8.57. The Labute approximate surface area is 200 Å². The number of hydrogen-bond acceptors (Lipinski definition) is 4. The Morgan fingerprint density at radius 3 is 1.86 bits per heavy atom. The van der Waals surface area contributed by atoms with Crippen molar-refractivity contribution in [2.24, 2.45) is 0 Å². The molecule has 0 amide bonds. The monoisotopic (exact) mass is 502 g/mol. The van der Waals surface area contributed by atoms with Crippen LogP contribution in [-0.4, -0.2) is 55.1 Å². The van der Waals surface area contributed by atoms with Gasteiger partial charge < -0.3 is 4.74 Å². The van der Waals surface area contributed by atoms with Gasteiger partial charge in [0.05, 0.1) is 30.3 Å². The molecule has 0 N–H and O–H groups in total. The van der Waals surface area contributed by atoms with Gasteiger partial charge in [0, 0.05) is 26.2 Å². The first-order valence-electron chi connectivity index (χ1n) is 11.5. The van der Waals surface area contributed by atoms with Gasteiger partial charge >= 0.3 is 18.3 Å². The van der Waals surface area contributed by atoms with E-state index < -0.39 is 29.5 Å². The van der Waals surface area contributed by atoms with Crippen molar-refractivity contribution < 1.29 is 35.9 Å². The number of carbonyl (C=O) groups excluding carboxylic acids is 1. The van der Waals surface area contributed by atoms with Gasteiger partial charge in [0.15, 0.2) is 0 Å². The molecule has 4 nitrogen and oxygen atoms in total. The average molecular weight is 502 g/mol. The number of carbonyl (C=O) groups is 1. The van der Waals surface area contributed by atoms with Crippen LogP contribution >= 0.6 is 0 Å². The Hall–Kier alpha value is -2.59. The minimum Gasteiger partial charge on any atom is -0.465 e. The van der Waals surface area contributed by atoms with Gasteiger partial charge in [-0.3, -0.25) is 14.6 Å². The lowest BCUT2D eigenvalue weighted by Gasteiger charge is -2.39. The highest BCUT2D eigenvalue weighted by molar-refractivity contribution is 5.71. The van der Waals surface area contributed by atoms with E-state index in [0.29, 0.717) is 32.8 Å². The summed E-state index contributed by atoms with van der Waals surface area (Å²) in [4.78, 5) is 15.7. The second-order valence-corrected chi connectivity index (χ2v) is 8.54. The molecule has 1 heterocycles. The molecule has 0 radical (unpaired) electrons. The van der Waals surface area contributed by atoms with Crippen LogP contribution in [0.25, 0.3) is 0 Å². The van der Waals surface area contributed by atoms with Crippen LogP contribution in [0.15, 0.2) is 48.5 Å². The number of ether oxygens (including phenoxy) is 1. The van der Waals surface area contributed by atoms with Gasteiger partial charge in [0.1, 0.15) is 0 Å². The molecular formula is C25H28F6N2O2. The van der Waals surface area contributed by atoms with Crippen molar-refractivity contribution in [2.45, 2.75) is 38.2 Å². The lowest BCUT2D eigenvalue weighted by atomic mass is 9.93. The zero-order valence-corrected chi connectivity index (χ0v) is 19.3. The van der Waals surface area contributed by atoms with E-state index in [1.807, 2.05) is 16.7 Å². The van der Waals surface area contributed by atoms with Gasteiger partial charge in [-0.05, 0) is 41.8 Å². The van der Waals surface area contributed by atoms with Gasteiger partial charge in [-0.1, -0.05) is 37.6 Å². The lowest BCUT2D eigenvalue weighted by Crippen LogP contribution is -2.49. The van der Waals surface area contributed by atoms with Crippen molar-refractivity contribution in [1.29, 1.82) is 0 Å². The molecule has 35 heavy (non-hydrogen) atoms. The number of halogens is 6. The van der Waals surface area contributed by atoms with Crippen molar-refractivity contribution >= 4 is 5.97 Å². The van der Waals surface area contributed by atoms with Gasteiger partial charge in [0.2, 0.25) is 0 Å². The highest BCUT2D eigenvalue weighted by Crippen LogP contribution is 2.37. The molecule has 1 saturated heterocycles. The van der Waals surface area contributed by atoms with Crippen LogP contribution in [-0.2, 0) is 21.9 Å². The van der Waals surface area contributed by atoms with E-state index in [1.54, 1.807) is 0 Å². The number of hydrogen-bond donors (Lipinski definition) is 0. The lowest BCUT2D eigenvalue weighted by molar-refractivity contribution is -0.145. The van der Waals surface area contributed by atoms with Crippen LogP contribution < -0.4 is 0 Å². The molecule has 1 aliphatic heterocycles. The summed E-state index contributed by atoms with van der Waals surface area (Å²) in [5.41, 5.74) is -1.21. The normalized spacial score (nSPS) is 16.0. The fourth-order valence-corrected chi connectivity index (χ4v) is 4.12. The Balaban J connectivity index is 1.84. The highest BCUT2D eigenvalue weighted by Gasteiger charge is 2.35. The number of unbranched alkanes of at least 4 members (excludes halogenated alkanes) is 1. The van der Waals surface area contributed by atoms with E-state index in [1.165, 1.54) is 24.3 Å². The van der Waals surface area contributed by atoms with E-state index in [4.69, 9.17) is 4.74 Å². The van der Waals surface area contributed by atoms with Crippen molar-refractivity contribution in [3.8, 4) is 0 Å². The van der Waals surface area contributed by atoms with Gasteiger partial charge in [-0.2, -0.15) is 26.3 Å². The van der Waals surface area contributed by atoms with Crippen molar-refractivity contribution in [3.63, 3.8) is 0 Å². The molecule has 0 saturated carbocycles. The summed E-state index contributed by atoms with van der Waals surface area (Å²) in [6.07, 6.45) is -7.48. The van der Waals surface area contributed by atoms with Crippen molar-refractivity contribution in [1.82, 2.24) is 9.80 Å². The summed E-state index contributed by atoms with van der Waals surface area (Å²) in [7, 11) is 0. The van der Waals surface area contributed by atoms with Crippen molar-refractivity contribution in [2.75, 3.05) is 39.3 Å². The maximum Gasteiger partial charge on any atom is 0.416 e. The van der Waals surface area contributed by atoms with E-state index in [0.717, 1.165) is 37.1 Å². The molecule has 0 aliphatic carbocycles. The van der Waals surface area contributed by atoms with E-state index in [-0.39, 0.29) is 23.6 Å². The third kappa shape index (κ3) is 7.44. The van der Waals surface area contributed by atoms with Crippen LogP contribution in [0.1, 0.15) is 48.1 Å². The number of piperazine rings is 1. The average Bonchev–Trinajstić information content (AvgIpc) is 2.80. The molecule has 10 heteroatoms. The maximum atomic E-state index is 13.4. The van der Waals surface area contributed by atoms with Crippen LogP contribution in [0.2, 0.25) is 0 Å². The Bertz CT molecular complexity index is 927. The van der Waals surface area contributed by atoms with Crippen LogP contribution in [0, 0.1) is 0 Å². The molecule has 0 atom stereocenters. The topological polar surface area (TPSA) is 32.8 Å². The molecule has 0 unspecified atom stereocenters. The fraction of sp³-hybridized carbons (Fsp3) is 0.480. The third-order valence-corrected chi connectivity index (χ3v) is 5.95. The summed E-state index contributed by atoms with van der Waals surface area (Å²) >= 11 is 0. The zero-order chi connectivity index (χ0) is 25.6. The molecule has 192 valence electrons. The molecule has 1 fully saturated rings. The van der Waals surface area contributed by atoms with Gasteiger partial charge in [-0.15, -0.1) is 0 Å². The largest absolute Gasteiger partial charge is 0.465 e. The minimum absolute atomic E-state index is 0.0926. The third-order valence-electron chi connectivity index (χ3n) is 5.95. The van der Waals surface area contributed by atoms with E-state index >= 15 is 0 Å². The number of nitrogens with zero attached hydrogens (tertiary/aromatic N) is 2. The summed E-state index contributed by atoms with van der Waals surface area (Å²) in [6.45, 7) is 4.00. The molecule has 2 aromatic rings. The number of esters is 1. The summed E-state index contributed by atoms with van der Waals surface area (Å²) in [5.74, 6) is -0.348. The Morgan fingerprint density at radius 2 is 1.40 bits per heavy atom. The quantitative estimate of drug-likeness (QED) is 0.261. The maximum absolute atomic E-state index is 13.4. The second kappa shape index (κ2) is 11.4. The van der Waals surface area contributed by atoms with E-state index in [2.05, 4.69) is 0 Å². The first kappa shape index (κ1) is 27.0. The molecule has 0 spiro atoms. The molecule has 1 aliphatic rings. The predicted molar refractivity (Wildman–Crippen MR) is 119 cm³/mol. The standard InChI is InChI=1S/C25H28F6N2O2/c1-2-3-14-35-22(34)17-32-10-12-33(13-11-32)23(18-6-4-8-20(15-18)24(26,27)28)19-7-5-9-21(16-19)25(29,30)31/h4-9,15-16,23H,2-3,10-14,17H2,1H3. The zero-order valence-electron chi connectivity index (χ0n) is 19.3. The first-order valence-corrected chi connectivity index (χ1v) is 11.5. The van der Waals surface area contributed by atoms with E-state index in [9.17, 15) is 31.1 Å². The van der Waals surface area contributed by atoms with Crippen LogP contribution in [0.5, 0.6) is 0 Å². The SMILES string of the molecule is CCCCOC(=O)CN1CCN(C(c2cccc(C(F)(F)F)c2)c2cccc(C(F)(F)F)c2)CC1. The van der Waals surface area contributed by atoms with Crippen LogP contribution in [0.3, 0.4) is 0 Å².